The van der Waals surface area contributed by atoms with E-state index in [9.17, 15) is 4.79 Å². The molecule has 1 aromatic carbocycles. The molecule has 6 heteroatoms. The number of thiophene rings is 1. The lowest BCUT2D eigenvalue weighted by molar-refractivity contribution is -0.918. The Bertz CT molecular complexity index is 624. The molecule has 1 aromatic heterocycles. The standard InChI is InChI=1S/C17H20ClN3OS/c18-13-5-7-14(8-6-13)20-17(22)19-12-15(16-4-3-11-23-16)21-9-1-2-10-21/h3-8,11,15H,1-2,9-10,12H2,(H2,19,20,22)/p+1/t15-/m1/s1. The predicted molar refractivity (Wildman–Crippen MR) is 95.5 cm³/mol. The summed E-state index contributed by atoms with van der Waals surface area (Å²) in [6.45, 7) is 3.02. The van der Waals surface area contributed by atoms with Crippen LogP contribution in [0.25, 0.3) is 0 Å². The van der Waals surface area contributed by atoms with E-state index >= 15 is 0 Å². The predicted octanol–water partition coefficient (Wildman–Crippen LogP) is 2.94. The highest BCUT2D eigenvalue weighted by atomic mass is 35.5. The molecule has 3 N–H and O–H groups in total. The van der Waals surface area contributed by atoms with E-state index in [-0.39, 0.29) is 6.03 Å². The van der Waals surface area contributed by atoms with E-state index in [4.69, 9.17) is 11.6 Å². The molecule has 0 unspecified atom stereocenters. The first kappa shape index (κ1) is 16.3. The minimum atomic E-state index is -0.174. The van der Waals surface area contributed by atoms with Gasteiger partial charge in [0.25, 0.3) is 0 Å². The van der Waals surface area contributed by atoms with Crippen LogP contribution in [0.5, 0.6) is 0 Å². The van der Waals surface area contributed by atoms with Crippen molar-refractivity contribution in [3.8, 4) is 0 Å². The molecule has 2 aromatic rings. The Morgan fingerprint density at radius 3 is 2.61 bits per heavy atom. The van der Waals surface area contributed by atoms with Crippen LogP contribution >= 0.6 is 22.9 Å². The fourth-order valence-corrected chi connectivity index (χ4v) is 4.03. The van der Waals surface area contributed by atoms with Crippen molar-refractivity contribution in [1.29, 1.82) is 0 Å². The molecule has 1 atom stereocenters. The maximum Gasteiger partial charge on any atom is 0.319 e. The average Bonchev–Trinajstić information content (AvgIpc) is 3.24. The molecule has 2 heterocycles. The number of anilines is 1. The summed E-state index contributed by atoms with van der Waals surface area (Å²) in [7, 11) is 0. The number of hydrogen-bond donors (Lipinski definition) is 3. The minimum Gasteiger partial charge on any atom is -0.331 e. The third-order valence-electron chi connectivity index (χ3n) is 4.19. The molecular formula is C17H21ClN3OS+. The van der Waals surface area contributed by atoms with Crippen LogP contribution in [0.3, 0.4) is 0 Å². The Kier molecular flexibility index (Phi) is 5.54. The maximum atomic E-state index is 12.1. The fourth-order valence-electron chi connectivity index (χ4n) is 3.02. The van der Waals surface area contributed by atoms with E-state index in [2.05, 4.69) is 28.1 Å². The minimum absolute atomic E-state index is 0.174. The lowest BCUT2D eigenvalue weighted by atomic mass is 10.2. The lowest BCUT2D eigenvalue weighted by Crippen LogP contribution is -3.11. The molecular weight excluding hydrogens is 330 g/mol. The molecule has 2 amide bonds. The molecule has 122 valence electrons. The first-order valence-corrected chi connectivity index (χ1v) is 9.16. The molecule has 1 aliphatic heterocycles. The number of carbonyl (C=O) groups is 1. The van der Waals surface area contributed by atoms with E-state index in [0.29, 0.717) is 17.6 Å². The first-order chi connectivity index (χ1) is 11.2. The Hall–Kier alpha value is -1.56. The number of urea groups is 1. The van der Waals surface area contributed by atoms with Crippen LogP contribution in [0.2, 0.25) is 5.02 Å². The van der Waals surface area contributed by atoms with Crippen LogP contribution in [0.1, 0.15) is 23.8 Å². The number of quaternary nitrogens is 1. The van der Waals surface area contributed by atoms with Crippen LogP contribution in [0.4, 0.5) is 10.5 Å². The molecule has 1 aliphatic rings. The molecule has 23 heavy (non-hydrogen) atoms. The molecule has 0 aliphatic carbocycles. The van der Waals surface area contributed by atoms with Crippen molar-refractivity contribution in [3.63, 3.8) is 0 Å². The van der Waals surface area contributed by atoms with Crippen LogP contribution in [0, 0.1) is 0 Å². The third kappa shape index (κ3) is 4.47. The van der Waals surface area contributed by atoms with Crippen molar-refractivity contribution >= 4 is 34.7 Å². The van der Waals surface area contributed by atoms with Crippen molar-refractivity contribution in [2.75, 3.05) is 25.0 Å². The second kappa shape index (κ2) is 7.81. The SMILES string of the molecule is O=C(NC[C@H](c1cccs1)[NH+]1CCCC1)Nc1ccc(Cl)cc1. The van der Waals surface area contributed by atoms with Gasteiger partial charge in [-0.2, -0.15) is 0 Å². The molecule has 3 rings (SSSR count). The van der Waals surface area contributed by atoms with Gasteiger partial charge in [-0.25, -0.2) is 4.79 Å². The highest BCUT2D eigenvalue weighted by Gasteiger charge is 2.28. The van der Waals surface area contributed by atoms with Gasteiger partial charge in [0, 0.05) is 23.6 Å². The number of carbonyl (C=O) groups excluding carboxylic acids is 1. The number of halogens is 1. The normalized spacial score (nSPS) is 16.2. The molecule has 0 saturated carbocycles. The second-order valence-electron chi connectivity index (χ2n) is 5.78. The van der Waals surface area contributed by atoms with Gasteiger partial charge in [-0.3, -0.25) is 0 Å². The lowest BCUT2D eigenvalue weighted by Gasteiger charge is -2.24. The topological polar surface area (TPSA) is 45.6 Å². The zero-order valence-corrected chi connectivity index (χ0v) is 14.4. The summed E-state index contributed by atoms with van der Waals surface area (Å²) in [5.41, 5.74) is 0.744. The van der Waals surface area contributed by atoms with E-state index in [1.807, 2.05) is 0 Å². The zero-order chi connectivity index (χ0) is 16.1. The molecule has 4 nitrogen and oxygen atoms in total. The summed E-state index contributed by atoms with van der Waals surface area (Å²) in [4.78, 5) is 15.0. The third-order valence-corrected chi connectivity index (χ3v) is 5.43. The summed E-state index contributed by atoms with van der Waals surface area (Å²) >= 11 is 7.62. The van der Waals surface area contributed by atoms with E-state index in [1.54, 1.807) is 40.5 Å². The summed E-state index contributed by atoms with van der Waals surface area (Å²) < 4.78 is 0. The quantitative estimate of drug-likeness (QED) is 0.762. The number of nitrogens with one attached hydrogen (secondary N) is 3. The Labute approximate surface area is 145 Å². The number of amides is 2. The number of likely N-dealkylation sites (tertiary alicyclic amines) is 1. The Morgan fingerprint density at radius 1 is 1.22 bits per heavy atom. The van der Waals surface area contributed by atoms with E-state index < -0.39 is 0 Å². The number of benzene rings is 1. The smallest absolute Gasteiger partial charge is 0.319 e. The maximum absolute atomic E-state index is 12.1. The molecule has 1 saturated heterocycles. The van der Waals surface area contributed by atoms with Crippen molar-refractivity contribution in [2.24, 2.45) is 0 Å². The first-order valence-electron chi connectivity index (χ1n) is 7.91. The van der Waals surface area contributed by atoms with Crippen LogP contribution in [-0.2, 0) is 0 Å². The summed E-state index contributed by atoms with van der Waals surface area (Å²) in [5.74, 6) is 0. The van der Waals surface area contributed by atoms with Crippen molar-refractivity contribution in [1.82, 2.24) is 5.32 Å². The van der Waals surface area contributed by atoms with Gasteiger partial charge in [0.05, 0.1) is 24.5 Å². The van der Waals surface area contributed by atoms with Gasteiger partial charge >= 0.3 is 6.03 Å². The van der Waals surface area contributed by atoms with Crippen LogP contribution in [0.15, 0.2) is 41.8 Å². The van der Waals surface area contributed by atoms with Gasteiger partial charge < -0.3 is 15.5 Å². The highest BCUT2D eigenvalue weighted by molar-refractivity contribution is 7.10. The monoisotopic (exact) mass is 350 g/mol. The summed E-state index contributed by atoms with van der Waals surface area (Å²) in [6.07, 6.45) is 2.54. The van der Waals surface area contributed by atoms with Gasteiger partial charge in [-0.1, -0.05) is 17.7 Å². The number of hydrogen-bond acceptors (Lipinski definition) is 2. The van der Waals surface area contributed by atoms with Crippen LogP contribution < -0.4 is 15.5 Å². The summed E-state index contributed by atoms with van der Waals surface area (Å²) in [5, 5.41) is 8.62. The molecule has 0 radical (unpaired) electrons. The van der Waals surface area contributed by atoms with E-state index in [1.165, 1.54) is 30.8 Å². The Morgan fingerprint density at radius 2 is 1.96 bits per heavy atom. The van der Waals surface area contributed by atoms with Gasteiger partial charge in [0.15, 0.2) is 0 Å². The second-order valence-corrected chi connectivity index (χ2v) is 7.19. The van der Waals surface area contributed by atoms with Crippen molar-refractivity contribution < 1.29 is 9.69 Å². The van der Waals surface area contributed by atoms with Crippen molar-refractivity contribution in [3.05, 3.63) is 51.7 Å². The largest absolute Gasteiger partial charge is 0.331 e. The molecule has 0 spiro atoms. The summed E-state index contributed by atoms with van der Waals surface area (Å²) in [6, 6.07) is 11.5. The fraction of sp³-hybridized carbons (Fsp3) is 0.353. The van der Waals surface area contributed by atoms with Gasteiger partial charge in [-0.05, 0) is 35.7 Å². The number of rotatable bonds is 5. The Balaban J connectivity index is 1.57. The van der Waals surface area contributed by atoms with Gasteiger partial charge in [0.1, 0.15) is 6.04 Å². The zero-order valence-electron chi connectivity index (χ0n) is 12.8. The van der Waals surface area contributed by atoms with Crippen molar-refractivity contribution in [2.45, 2.75) is 18.9 Å². The van der Waals surface area contributed by atoms with E-state index in [0.717, 1.165) is 5.69 Å². The van der Waals surface area contributed by atoms with Gasteiger partial charge in [-0.15, -0.1) is 11.3 Å². The van der Waals surface area contributed by atoms with Crippen LogP contribution in [-0.4, -0.2) is 25.7 Å². The molecule has 1 fully saturated rings. The average molecular weight is 351 g/mol. The van der Waals surface area contributed by atoms with Gasteiger partial charge in [0.2, 0.25) is 0 Å². The highest BCUT2D eigenvalue weighted by Crippen LogP contribution is 2.17. The molecule has 0 bridgehead atoms.